The van der Waals surface area contributed by atoms with Crippen molar-refractivity contribution in [2.45, 2.75) is 58.8 Å². The van der Waals surface area contributed by atoms with Crippen molar-refractivity contribution in [1.29, 1.82) is 0 Å². The summed E-state index contributed by atoms with van der Waals surface area (Å²) in [6.45, 7) is 5.89. The smallest absolute Gasteiger partial charge is 0.227 e. The molecule has 2 aliphatic carbocycles. The van der Waals surface area contributed by atoms with E-state index in [-0.39, 0.29) is 11.3 Å². The van der Waals surface area contributed by atoms with Crippen LogP contribution in [0.15, 0.2) is 0 Å². The normalized spacial score (nSPS) is 29.4. The molecule has 1 amide bonds. The van der Waals surface area contributed by atoms with Gasteiger partial charge in [0, 0.05) is 13.1 Å². The molecule has 18 heavy (non-hydrogen) atoms. The van der Waals surface area contributed by atoms with Crippen LogP contribution in [0, 0.1) is 16.7 Å². The van der Waals surface area contributed by atoms with Gasteiger partial charge in [0.05, 0.1) is 5.41 Å². The van der Waals surface area contributed by atoms with Crippen molar-refractivity contribution >= 4 is 5.91 Å². The largest absolute Gasteiger partial charge is 0.355 e. The zero-order valence-electron chi connectivity index (χ0n) is 11.9. The second-order valence-corrected chi connectivity index (χ2v) is 7.00. The quantitative estimate of drug-likeness (QED) is 0.755. The first-order valence-corrected chi connectivity index (χ1v) is 7.49. The van der Waals surface area contributed by atoms with Gasteiger partial charge in [0.2, 0.25) is 5.91 Å². The van der Waals surface area contributed by atoms with E-state index in [1.165, 1.54) is 19.3 Å². The molecule has 1 atom stereocenters. The van der Waals surface area contributed by atoms with Gasteiger partial charge in [0.15, 0.2) is 0 Å². The first-order chi connectivity index (χ1) is 8.50. The summed E-state index contributed by atoms with van der Waals surface area (Å²) in [5.74, 6) is 0.886. The topological polar surface area (TPSA) is 55.1 Å². The Hall–Kier alpha value is -0.570. The van der Waals surface area contributed by atoms with Crippen LogP contribution >= 0.6 is 0 Å². The minimum Gasteiger partial charge on any atom is -0.355 e. The lowest BCUT2D eigenvalue weighted by molar-refractivity contribution is -0.131. The standard InChI is InChI=1S/C15H28N2O/c1-14(2)9-12(14)10-17-13(18)15(11-16)7-5-3-4-6-8-15/h12H,3-11,16H2,1-2H3,(H,17,18). The highest BCUT2D eigenvalue weighted by molar-refractivity contribution is 5.83. The lowest BCUT2D eigenvalue weighted by atomic mass is 9.79. The zero-order chi connectivity index (χ0) is 13.2. The maximum atomic E-state index is 12.5. The van der Waals surface area contributed by atoms with Gasteiger partial charge in [-0.2, -0.15) is 0 Å². The van der Waals surface area contributed by atoms with Crippen molar-refractivity contribution in [3.8, 4) is 0 Å². The maximum Gasteiger partial charge on any atom is 0.227 e. The van der Waals surface area contributed by atoms with E-state index < -0.39 is 0 Å². The van der Waals surface area contributed by atoms with Gasteiger partial charge in [-0.15, -0.1) is 0 Å². The molecule has 0 aliphatic heterocycles. The van der Waals surface area contributed by atoms with E-state index in [0.29, 0.717) is 17.9 Å². The Morgan fingerprint density at radius 3 is 2.22 bits per heavy atom. The molecule has 0 heterocycles. The third-order valence-electron chi connectivity index (χ3n) is 5.16. The molecule has 0 aromatic rings. The molecule has 0 aromatic heterocycles. The number of carbonyl (C=O) groups is 1. The summed E-state index contributed by atoms with van der Waals surface area (Å²) >= 11 is 0. The molecule has 0 radical (unpaired) electrons. The van der Waals surface area contributed by atoms with Crippen LogP contribution in [0.25, 0.3) is 0 Å². The van der Waals surface area contributed by atoms with Gasteiger partial charge in [-0.25, -0.2) is 0 Å². The molecule has 1 unspecified atom stereocenters. The van der Waals surface area contributed by atoms with E-state index in [1.807, 2.05) is 0 Å². The highest BCUT2D eigenvalue weighted by Gasteiger charge is 2.46. The fourth-order valence-corrected chi connectivity index (χ4v) is 3.26. The second-order valence-electron chi connectivity index (χ2n) is 7.00. The van der Waals surface area contributed by atoms with Crippen molar-refractivity contribution in [3.05, 3.63) is 0 Å². The Morgan fingerprint density at radius 1 is 1.22 bits per heavy atom. The number of hydrogen-bond donors (Lipinski definition) is 2. The van der Waals surface area contributed by atoms with E-state index in [9.17, 15) is 4.79 Å². The summed E-state index contributed by atoms with van der Waals surface area (Å²) in [5.41, 5.74) is 6.09. The molecule has 3 heteroatoms. The summed E-state index contributed by atoms with van der Waals surface area (Å²) in [4.78, 5) is 12.5. The van der Waals surface area contributed by atoms with E-state index >= 15 is 0 Å². The van der Waals surface area contributed by atoms with Gasteiger partial charge in [-0.05, 0) is 30.6 Å². The Morgan fingerprint density at radius 2 is 1.78 bits per heavy atom. The Labute approximate surface area is 111 Å². The summed E-state index contributed by atoms with van der Waals surface area (Å²) in [5, 5.41) is 3.17. The SMILES string of the molecule is CC1(C)CC1CNC(=O)C1(CN)CCCCCC1. The van der Waals surface area contributed by atoms with Crippen LogP contribution in [0.5, 0.6) is 0 Å². The first-order valence-electron chi connectivity index (χ1n) is 7.49. The van der Waals surface area contributed by atoms with E-state index in [4.69, 9.17) is 5.73 Å². The van der Waals surface area contributed by atoms with Crippen molar-refractivity contribution < 1.29 is 4.79 Å². The van der Waals surface area contributed by atoms with Crippen molar-refractivity contribution in [3.63, 3.8) is 0 Å². The molecule has 0 bridgehead atoms. The lowest BCUT2D eigenvalue weighted by Gasteiger charge is -2.30. The summed E-state index contributed by atoms with van der Waals surface area (Å²) in [7, 11) is 0. The zero-order valence-corrected chi connectivity index (χ0v) is 11.9. The predicted octanol–water partition coefficient (Wildman–Crippen LogP) is 2.45. The third kappa shape index (κ3) is 2.87. The highest BCUT2D eigenvalue weighted by atomic mass is 16.2. The second kappa shape index (κ2) is 5.20. The highest BCUT2D eigenvalue weighted by Crippen LogP contribution is 2.51. The summed E-state index contributed by atoms with van der Waals surface area (Å²) in [6.07, 6.45) is 8.00. The van der Waals surface area contributed by atoms with E-state index in [1.54, 1.807) is 0 Å². The minimum atomic E-state index is -0.268. The van der Waals surface area contributed by atoms with E-state index in [2.05, 4.69) is 19.2 Å². The van der Waals surface area contributed by atoms with Crippen molar-refractivity contribution in [2.24, 2.45) is 22.5 Å². The first kappa shape index (κ1) is 13.9. The van der Waals surface area contributed by atoms with Gasteiger partial charge in [-0.3, -0.25) is 4.79 Å². The minimum absolute atomic E-state index is 0.217. The lowest BCUT2D eigenvalue weighted by Crippen LogP contribution is -2.46. The van der Waals surface area contributed by atoms with Gasteiger partial charge in [0.25, 0.3) is 0 Å². The van der Waals surface area contributed by atoms with Crippen LogP contribution in [0.2, 0.25) is 0 Å². The molecule has 0 aromatic carbocycles. The average molecular weight is 252 g/mol. The Bertz CT molecular complexity index is 304. The summed E-state index contributed by atoms with van der Waals surface area (Å²) < 4.78 is 0. The summed E-state index contributed by atoms with van der Waals surface area (Å²) in [6, 6.07) is 0. The van der Waals surface area contributed by atoms with Crippen LogP contribution in [0.3, 0.4) is 0 Å². The fourth-order valence-electron chi connectivity index (χ4n) is 3.26. The van der Waals surface area contributed by atoms with Gasteiger partial charge in [0.1, 0.15) is 0 Å². The van der Waals surface area contributed by atoms with Crippen LogP contribution in [-0.4, -0.2) is 19.0 Å². The molecular formula is C15H28N2O. The third-order valence-corrected chi connectivity index (χ3v) is 5.16. The van der Waals surface area contributed by atoms with Crippen molar-refractivity contribution in [2.75, 3.05) is 13.1 Å². The number of nitrogens with two attached hydrogens (primary N) is 1. The van der Waals surface area contributed by atoms with Crippen LogP contribution < -0.4 is 11.1 Å². The Kier molecular flexibility index (Phi) is 4.00. The average Bonchev–Trinajstić information content (AvgIpc) is 3.02. The molecule has 3 N–H and O–H groups in total. The van der Waals surface area contributed by atoms with Crippen molar-refractivity contribution in [1.82, 2.24) is 5.32 Å². The fraction of sp³-hybridized carbons (Fsp3) is 0.933. The molecular weight excluding hydrogens is 224 g/mol. The number of carbonyl (C=O) groups excluding carboxylic acids is 1. The number of hydrogen-bond acceptors (Lipinski definition) is 2. The van der Waals surface area contributed by atoms with Gasteiger partial charge < -0.3 is 11.1 Å². The van der Waals surface area contributed by atoms with Crippen LogP contribution in [0.1, 0.15) is 58.8 Å². The predicted molar refractivity (Wildman–Crippen MR) is 74.1 cm³/mol. The van der Waals surface area contributed by atoms with E-state index in [0.717, 1.165) is 32.2 Å². The molecule has 2 rings (SSSR count). The molecule has 104 valence electrons. The molecule has 0 spiro atoms. The van der Waals surface area contributed by atoms with Crippen LogP contribution in [0.4, 0.5) is 0 Å². The number of nitrogens with one attached hydrogen (secondary N) is 1. The monoisotopic (exact) mass is 252 g/mol. The number of amides is 1. The molecule has 2 saturated carbocycles. The van der Waals surface area contributed by atoms with Crippen LogP contribution in [-0.2, 0) is 4.79 Å². The molecule has 2 aliphatic rings. The number of rotatable bonds is 4. The van der Waals surface area contributed by atoms with Gasteiger partial charge in [-0.1, -0.05) is 39.5 Å². The molecule has 3 nitrogen and oxygen atoms in total. The maximum absolute atomic E-state index is 12.5. The van der Waals surface area contributed by atoms with Gasteiger partial charge >= 0.3 is 0 Å². The molecule has 2 fully saturated rings. The Balaban J connectivity index is 1.88. The molecule has 0 saturated heterocycles.